The maximum atomic E-state index is 12.0. The van der Waals surface area contributed by atoms with Gasteiger partial charge in [-0.15, -0.1) is 11.3 Å². The van der Waals surface area contributed by atoms with Gasteiger partial charge in [0.25, 0.3) is 0 Å². The van der Waals surface area contributed by atoms with E-state index in [0.29, 0.717) is 4.88 Å². The molecule has 10 heteroatoms. The molecular formula is C10H9N3O5S2. The number of nitro groups is 1. The molecule has 0 amide bonds. The van der Waals surface area contributed by atoms with Gasteiger partial charge < -0.3 is 5.11 Å². The van der Waals surface area contributed by atoms with Crippen molar-refractivity contribution in [3.05, 3.63) is 44.9 Å². The summed E-state index contributed by atoms with van der Waals surface area (Å²) in [6, 6.07) is 2.88. The maximum absolute atomic E-state index is 12.0. The molecule has 0 bridgehead atoms. The molecule has 0 atom stereocenters. The van der Waals surface area contributed by atoms with Crippen molar-refractivity contribution < 1.29 is 18.4 Å². The van der Waals surface area contributed by atoms with Gasteiger partial charge in [0.2, 0.25) is 10.0 Å². The number of nitrogens with zero attached hydrogens (tertiary/aromatic N) is 2. The first kappa shape index (κ1) is 14.4. The Labute approximate surface area is 117 Å². The summed E-state index contributed by atoms with van der Waals surface area (Å²) < 4.78 is 26.3. The normalized spacial score (nSPS) is 11.4. The van der Waals surface area contributed by atoms with Crippen LogP contribution in [0.1, 0.15) is 4.88 Å². The Bertz CT molecular complexity index is 727. The first-order valence-corrected chi connectivity index (χ1v) is 7.61. The maximum Gasteiger partial charge on any atom is 0.312 e. The summed E-state index contributed by atoms with van der Waals surface area (Å²) in [5, 5.41) is 20.0. The Morgan fingerprint density at radius 2 is 2.20 bits per heavy atom. The van der Waals surface area contributed by atoms with E-state index in [2.05, 4.69) is 9.71 Å². The number of nitrogens with one attached hydrogen (secondary N) is 1. The molecule has 0 aliphatic carbocycles. The number of rotatable bonds is 5. The molecule has 1 aromatic heterocycles. The quantitative estimate of drug-likeness (QED) is 0.632. The monoisotopic (exact) mass is 315 g/mol. The van der Waals surface area contributed by atoms with Crippen molar-refractivity contribution in [2.24, 2.45) is 0 Å². The Balaban J connectivity index is 2.25. The standard InChI is InChI=1S/C10H9N3O5S2/c14-10-2-1-8(3-9(10)13(15)16)20(17,18)12-5-7-4-11-6-19-7/h1-4,6,12,14H,5H2. The van der Waals surface area contributed by atoms with Gasteiger partial charge in [-0.3, -0.25) is 15.1 Å². The van der Waals surface area contributed by atoms with Crippen LogP contribution in [0, 0.1) is 10.1 Å². The van der Waals surface area contributed by atoms with Crippen molar-refractivity contribution in [1.82, 2.24) is 9.71 Å². The Kier molecular flexibility index (Phi) is 3.97. The van der Waals surface area contributed by atoms with Crippen molar-refractivity contribution in [2.45, 2.75) is 11.4 Å². The molecule has 0 aliphatic rings. The first-order chi connectivity index (χ1) is 9.40. The summed E-state index contributed by atoms with van der Waals surface area (Å²) in [6.45, 7) is 0.0433. The third-order valence-corrected chi connectivity index (χ3v) is 4.55. The Morgan fingerprint density at radius 1 is 1.45 bits per heavy atom. The van der Waals surface area contributed by atoms with Gasteiger partial charge in [-0.05, 0) is 12.1 Å². The average Bonchev–Trinajstić information content (AvgIpc) is 2.89. The van der Waals surface area contributed by atoms with Gasteiger partial charge in [0.05, 0.1) is 15.3 Å². The van der Waals surface area contributed by atoms with E-state index in [0.717, 1.165) is 18.2 Å². The number of aromatic nitrogens is 1. The van der Waals surface area contributed by atoms with Crippen molar-refractivity contribution >= 4 is 27.0 Å². The number of benzene rings is 1. The van der Waals surface area contributed by atoms with E-state index in [1.165, 1.54) is 17.5 Å². The van der Waals surface area contributed by atoms with Crippen molar-refractivity contribution in [3.8, 4) is 5.75 Å². The molecule has 2 rings (SSSR count). The summed E-state index contributed by atoms with van der Waals surface area (Å²) in [5.41, 5.74) is 0.903. The smallest absolute Gasteiger partial charge is 0.312 e. The summed E-state index contributed by atoms with van der Waals surface area (Å²) in [5.74, 6) is -0.587. The molecule has 0 radical (unpaired) electrons. The van der Waals surface area contributed by atoms with Gasteiger partial charge in [0.15, 0.2) is 5.75 Å². The lowest BCUT2D eigenvalue weighted by molar-refractivity contribution is -0.386. The van der Waals surface area contributed by atoms with Gasteiger partial charge in [-0.2, -0.15) is 0 Å². The van der Waals surface area contributed by atoms with Crippen LogP contribution in [0.25, 0.3) is 0 Å². The number of sulfonamides is 1. The number of phenolic OH excluding ortho intramolecular Hbond substituents is 1. The lowest BCUT2D eigenvalue weighted by atomic mass is 10.3. The molecule has 0 saturated heterocycles. The molecule has 0 unspecified atom stereocenters. The second kappa shape index (κ2) is 5.53. The van der Waals surface area contributed by atoms with Crippen LogP contribution in [0.3, 0.4) is 0 Å². The first-order valence-electron chi connectivity index (χ1n) is 5.24. The van der Waals surface area contributed by atoms with Crippen molar-refractivity contribution in [1.29, 1.82) is 0 Å². The highest BCUT2D eigenvalue weighted by Crippen LogP contribution is 2.28. The number of nitro benzene ring substituents is 1. The second-order valence-corrected chi connectivity index (χ2v) is 6.44. The number of hydrogen-bond acceptors (Lipinski definition) is 7. The van der Waals surface area contributed by atoms with Crippen LogP contribution in [0.5, 0.6) is 5.75 Å². The molecule has 0 spiro atoms. The van der Waals surface area contributed by atoms with E-state index < -0.39 is 26.4 Å². The zero-order valence-electron chi connectivity index (χ0n) is 9.88. The largest absolute Gasteiger partial charge is 0.502 e. The summed E-state index contributed by atoms with van der Waals surface area (Å²) in [7, 11) is -3.90. The summed E-state index contributed by atoms with van der Waals surface area (Å²) >= 11 is 1.28. The highest BCUT2D eigenvalue weighted by molar-refractivity contribution is 7.89. The van der Waals surface area contributed by atoms with Crippen molar-refractivity contribution in [2.75, 3.05) is 0 Å². The third-order valence-electron chi connectivity index (χ3n) is 2.37. The van der Waals surface area contributed by atoms with E-state index in [-0.39, 0.29) is 11.4 Å². The van der Waals surface area contributed by atoms with E-state index >= 15 is 0 Å². The van der Waals surface area contributed by atoms with Crippen LogP contribution in [0.15, 0.2) is 34.8 Å². The van der Waals surface area contributed by atoms with E-state index in [9.17, 15) is 23.6 Å². The molecule has 106 valence electrons. The van der Waals surface area contributed by atoms with Crippen LogP contribution >= 0.6 is 11.3 Å². The number of aromatic hydroxyl groups is 1. The van der Waals surface area contributed by atoms with Gasteiger partial charge in [-0.25, -0.2) is 13.1 Å². The van der Waals surface area contributed by atoms with E-state index in [1.807, 2.05) is 0 Å². The Morgan fingerprint density at radius 3 is 2.80 bits per heavy atom. The van der Waals surface area contributed by atoms with Gasteiger partial charge in [-0.1, -0.05) is 0 Å². The van der Waals surface area contributed by atoms with Crippen LogP contribution in [0.4, 0.5) is 5.69 Å². The molecule has 1 aromatic carbocycles. The minimum atomic E-state index is -3.90. The molecule has 0 aliphatic heterocycles. The summed E-state index contributed by atoms with van der Waals surface area (Å²) in [6.07, 6.45) is 1.52. The van der Waals surface area contributed by atoms with Crippen LogP contribution in [-0.4, -0.2) is 23.4 Å². The van der Waals surface area contributed by atoms with Gasteiger partial charge in [0, 0.05) is 23.7 Å². The highest BCUT2D eigenvalue weighted by Gasteiger charge is 2.21. The van der Waals surface area contributed by atoms with E-state index in [1.54, 1.807) is 5.51 Å². The predicted octanol–water partition coefficient (Wildman–Crippen LogP) is 1.24. The fourth-order valence-electron chi connectivity index (χ4n) is 1.40. The lowest BCUT2D eigenvalue weighted by Gasteiger charge is -2.05. The topological polar surface area (TPSA) is 122 Å². The molecule has 20 heavy (non-hydrogen) atoms. The minimum absolute atomic E-state index is 0.0433. The van der Waals surface area contributed by atoms with E-state index in [4.69, 9.17) is 0 Å². The van der Waals surface area contributed by atoms with Crippen LogP contribution < -0.4 is 4.72 Å². The molecule has 0 fully saturated rings. The number of hydrogen-bond donors (Lipinski definition) is 2. The Hall–Kier alpha value is -2.04. The zero-order chi connectivity index (χ0) is 14.8. The minimum Gasteiger partial charge on any atom is -0.502 e. The third kappa shape index (κ3) is 3.10. The molecule has 8 nitrogen and oxygen atoms in total. The second-order valence-electron chi connectivity index (χ2n) is 3.70. The fourth-order valence-corrected chi connectivity index (χ4v) is 3.05. The average molecular weight is 315 g/mol. The number of phenols is 1. The zero-order valence-corrected chi connectivity index (χ0v) is 11.5. The lowest BCUT2D eigenvalue weighted by Crippen LogP contribution is -2.22. The molecule has 2 N–H and O–H groups in total. The van der Waals surface area contributed by atoms with Crippen LogP contribution in [-0.2, 0) is 16.6 Å². The molecule has 2 aromatic rings. The van der Waals surface area contributed by atoms with Gasteiger partial charge in [0.1, 0.15) is 0 Å². The molecule has 0 saturated carbocycles. The molecular weight excluding hydrogens is 306 g/mol. The fraction of sp³-hybridized carbons (Fsp3) is 0.100. The molecule has 1 heterocycles. The highest BCUT2D eigenvalue weighted by atomic mass is 32.2. The SMILES string of the molecule is O=[N+]([O-])c1cc(S(=O)(=O)NCc2cncs2)ccc1O. The van der Waals surface area contributed by atoms with Crippen LogP contribution in [0.2, 0.25) is 0 Å². The van der Waals surface area contributed by atoms with Crippen molar-refractivity contribution in [3.63, 3.8) is 0 Å². The predicted molar refractivity (Wildman–Crippen MR) is 70.9 cm³/mol. The summed E-state index contributed by atoms with van der Waals surface area (Å²) in [4.78, 5) is 14.0. The van der Waals surface area contributed by atoms with Gasteiger partial charge >= 0.3 is 5.69 Å². The number of thiazole rings is 1.